The zero-order chi connectivity index (χ0) is 21.2. The largest absolute Gasteiger partial charge is 0.465 e. The van der Waals surface area contributed by atoms with Crippen LogP contribution in [0.2, 0.25) is 0 Å². The van der Waals surface area contributed by atoms with Crippen molar-refractivity contribution in [2.75, 3.05) is 6.61 Å². The Bertz CT molecular complexity index is 661. The van der Waals surface area contributed by atoms with Gasteiger partial charge >= 0.3 is 29.8 Å². The van der Waals surface area contributed by atoms with E-state index >= 15 is 0 Å². The van der Waals surface area contributed by atoms with Crippen LogP contribution >= 0.6 is 0 Å². The van der Waals surface area contributed by atoms with Gasteiger partial charge in [-0.25, -0.2) is 0 Å². The molecule has 1 saturated heterocycles. The molecule has 1 aliphatic carbocycles. The molecular weight excluding hydrogens is 380 g/mol. The standard InChI is InChI=1S/C17H22O11/c1-7(18)23-6-12-14(24-8(2)19)15(25-9(3)20)13-16(26-10(4)21)28-17(12,13)27-11(5)22/h12-16H,6H2,1-5H3/t12?,13?,14-,15?,16-,17?/m1/s1. The first-order valence-corrected chi connectivity index (χ1v) is 8.50. The highest BCUT2D eigenvalue weighted by Crippen LogP contribution is 2.57. The molecule has 4 unspecified atom stereocenters. The molecule has 0 aromatic rings. The Morgan fingerprint density at radius 3 is 1.75 bits per heavy atom. The topological polar surface area (TPSA) is 141 Å². The van der Waals surface area contributed by atoms with E-state index in [2.05, 4.69) is 0 Å². The maximum absolute atomic E-state index is 11.7. The van der Waals surface area contributed by atoms with E-state index < -0.39 is 66.0 Å². The average Bonchev–Trinajstić information content (AvgIpc) is 2.66. The molecule has 11 nitrogen and oxygen atoms in total. The van der Waals surface area contributed by atoms with E-state index in [1.807, 2.05) is 0 Å². The van der Waals surface area contributed by atoms with Gasteiger partial charge in [0.1, 0.15) is 18.4 Å². The summed E-state index contributed by atoms with van der Waals surface area (Å²) in [4.78, 5) is 57.7. The predicted molar refractivity (Wildman–Crippen MR) is 85.9 cm³/mol. The molecule has 1 heterocycles. The molecule has 0 aromatic carbocycles. The number of rotatable bonds is 6. The summed E-state index contributed by atoms with van der Waals surface area (Å²) < 4.78 is 31.6. The fraction of sp³-hybridized carbons (Fsp3) is 0.706. The van der Waals surface area contributed by atoms with Gasteiger partial charge in [-0.05, 0) is 0 Å². The minimum atomic E-state index is -1.78. The smallest absolute Gasteiger partial charge is 0.305 e. The van der Waals surface area contributed by atoms with Crippen molar-refractivity contribution in [3.05, 3.63) is 0 Å². The van der Waals surface area contributed by atoms with Gasteiger partial charge in [0.05, 0.1) is 0 Å². The molecule has 0 amide bonds. The summed E-state index contributed by atoms with van der Waals surface area (Å²) >= 11 is 0. The summed E-state index contributed by atoms with van der Waals surface area (Å²) in [6.45, 7) is 5.34. The van der Waals surface area contributed by atoms with Crippen molar-refractivity contribution in [3.8, 4) is 0 Å². The van der Waals surface area contributed by atoms with Crippen LogP contribution in [0.1, 0.15) is 34.6 Å². The van der Waals surface area contributed by atoms with E-state index in [1.54, 1.807) is 0 Å². The molecule has 28 heavy (non-hydrogen) atoms. The molecule has 2 fully saturated rings. The van der Waals surface area contributed by atoms with Gasteiger partial charge in [0, 0.05) is 34.6 Å². The van der Waals surface area contributed by atoms with Crippen LogP contribution in [0.3, 0.4) is 0 Å². The van der Waals surface area contributed by atoms with E-state index in [0.717, 1.165) is 27.7 Å². The van der Waals surface area contributed by atoms with Crippen LogP contribution in [0.4, 0.5) is 0 Å². The number of ether oxygens (including phenoxy) is 6. The molecule has 2 rings (SSSR count). The third kappa shape index (κ3) is 4.24. The molecule has 6 atom stereocenters. The van der Waals surface area contributed by atoms with Crippen molar-refractivity contribution in [1.82, 2.24) is 0 Å². The number of esters is 5. The second-order valence-electron chi connectivity index (χ2n) is 6.49. The molecule has 2 aliphatic rings. The fourth-order valence-corrected chi connectivity index (χ4v) is 3.58. The molecular formula is C17H22O11. The van der Waals surface area contributed by atoms with Crippen LogP contribution in [-0.2, 0) is 52.4 Å². The first-order valence-electron chi connectivity index (χ1n) is 8.50. The van der Waals surface area contributed by atoms with Crippen LogP contribution in [0.25, 0.3) is 0 Å². The van der Waals surface area contributed by atoms with Gasteiger partial charge in [-0.15, -0.1) is 0 Å². The Kier molecular flexibility index (Phi) is 6.27. The molecule has 0 aromatic heterocycles. The van der Waals surface area contributed by atoms with E-state index in [4.69, 9.17) is 28.4 Å². The van der Waals surface area contributed by atoms with Crippen LogP contribution in [0.15, 0.2) is 0 Å². The van der Waals surface area contributed by atoms with Gasteiger partial charge in [-0.3, -0.25) is 28.7 Å². The van der Waals surface area contributed by atoms with Crippen molar-refractivity contribution >= 4 is 29.8 Å². The van der Waals surface area contributed by atoms with Gasteiger partial charge in [-0.1, -0.05) is 0 Å². The zero-order valence-corrected chi connectivity index (χ0v) is 16.1. The predicted octanol–water partition coefficient (Wildman–Crippen LogP) is -0.162. The molecule has 11 heteroatoms. The highest BCUT2D eigenvalue weighted by molar-refractivity contribution is 5.69. The van der Waals surface area contributed by atoms with Gasteiger partial charge in [0.15, 0.2) is 12.2 Å². The van der Waals surface area contributed by atoms with Crippen molar-refractivity contribution in [3.63, 3.8) is 0 Å². The fourth-order valence-electron chi connectivity index (χ4n) is 3.58. The third-order valence-electron chi connectivity index (χ3n) is 4.30. The normalized spacial score (nSPS) is 33.0. The highest BCUT2D eigenvalue weighted by atomic mass is 16.8. The second-order valence-corrected chi connectivity index (χ2v) is 6.49. The quantitative estimate of drug-likeness (QED) is 0.432. The minimum Gasteiger partial charge on any atom is -0.465 e. The van der Waals surface area contributed by atoms with Crippen LogP contribution in [-0.4, -0.2) is 60.7 Å². The Morgan fingerprint density at radius 2 is 1.29 bits per heavy atom. The molecule has 0 radical (unpaired) electrons. The number of hydrogen-bond acceptors (Lipinski definition) is 11. The number of fused-ring (bicyclic) bond motifs is 1. The maximum Gasteiger partial charge on any atom is 0.305 e. The number of carbonyl (C=O) groups is 5. The van der Waals surface area contributed by atoms with Gasteiger partial charge in [0.2, 0.25) is 12.1 Å². The molecule has 0 N–H and O–H groups in total. The Labute approximate surface area is 160 Å². The van der Waals surface area contributed by atoms with Crippen LogP contribution in [0, 0.1) is 11.8 Å². The lowest BCUT2D eigenvalue weighted by Gasteiger charge is -2.50. The minimum absolute atomic E-state index is 0.360. The van der Waals surface area contributed by atoms with Gasteiger partial charge in [-0.2, -0.15) is 0 Å². The molecule has 1 saturated carbocycles. The SMILES string of the molecule is CC(=O)OCC1[C@@H](OC(C)=O)C(OC(C)=O)C2[C@H](OC(C)=O)OC21OC(C)=O. The second kappa shape index (κ2) is 8.13. The van der Waals surface area contributed by atoms with E-state index in [-0.39, 0.29) is 6.61 Å². The average molecular weight is 402 g/mol. The Hall–Kier alpha value is -2.69. The summed E-state index contributed by atoms with van der Waals surface area (Å²) in [5.74, 6) is -7.28. The molecule has 1 aliphatic heterocycles. The zero-order valence-electron chi connectivity index (χ0n) is 16.1. The van der Waals surface area contributed by atoms with Crippen molar-refractivity contribution in [1.29, 1.82) is 0 Å². The lowest BCUT2D eigenvalue weighted by Crippen LogP contribution is -2.66. The van der Waals surface area contributed by atoms with E-state index in [1.165, 1.54) is 6.92 Å². The lowest BCUT2D eigenvalue weighted by molar-refractivity contribution is -0.427. The summed E-state index contributed by atoms with van der Waals surface area (Å²) in [7, 11) is 0. The third-order valence-corrected chi connectivity index (χ3v) is 4.30. The molecule has 0 bridgehead atoms. The number of hydrogen-bond donors (Lipinski definition) is 0. The Balaban J connectivity index is 2.49. The van der Waals surface area contributed by atoms with Crippen molar-refractivity contribution < 1.29 is 52.4 Å². The lowest BCUT2D eigenvalue weighted by atomic mass is 9.88. The summed E-state index contributed by atoms with van der Waals surface area (Å²) in [6, 6.07) is 0. The first-order chi connectivity index (χ1) is 13.0. The van der Waals surface area contributed by atoms with Crippen LogP contribution in [0.5, 0.6) is 0 Å². The van der Waals surface area contributed by atoms with E-state index in [0.29, 0.717) is 0 Å². The van der Waals surface area contributed by atoms with E-state index in [9.17, 15) is 24.0 Å². The summed E-state index contributed by atoms with van der Waals surface area (Å²) in [5, 5.41) is 0. The first kappa shape index (κ1) is 21.6. The summed E-state index contributed by atoms with van der Waals surface area (Å²) in [6.07, 6.45) is -3.56. The Morgan fingerprint density at radius 1 is 0.750 bits per heavy atom. The van der Waals surface area contributed by atoms with Gasteiger partial charge < -0.3 is 23.7 Å². The van der Waals surface area contributed by atoms with Gasteiger partial charge in [0.25, 0.3) is 0 Å². The monoisotopic (exact) mass is 402 g/mol. The molecule has 156 valence electrons. The highest BCUT2D eigenvalue weighted by Gasteiger charge is 2.77. The maximum atomic E-state index is 11.7. The summed E-state index contributed by atoms with van der Waals surface area (Å²) in [5.41, 5.74) is 0. The van der Waals surface area contributed by atoms with Crippen LogP contribution < -0.4 is 0 Å². The van der Waals surface area contributed by atoms with Crippen molar-refractivity contribution in [2.45, 2.75) is 58.9 Å². The number of carbonyl (C=O) groups excluding carboxylic acids is 5. The van der Waals surface area contributed by atoms with Crippen molar-refractivity contribution in [2.24, 2.45) is 11.8 Å². The molecule has 0 spiro atoms.